The second kappa shape index (κ2) is 6.94. The average Bonchev–Trinajstić information content (AvgIpc) is 2.97. The van der Waals surface area contributed by atoms with Crippen molar-refractivity contribution < 1.29 is 4.74 Å². The number of benzene rings is 5. The van der Waals surface area contributed by atoms with E-state index in [9.17, 15) is 0 Å². The maximum Gasteiger partial charge on any atom is 0.132 e. The van der Waals surface area contributed by atoms with E-state index in [1.165, 1.54) is 44.5 Å². The van der Waals surface area contributed by atoms with Gasteiger partial charge in [0.05, 0.1) is 5.41 Å². The molecule has 0 saturated carbocycles. The van der Waals surface area contributed by atoms with Gasteiger partial charge in [-0.25, -0.2) is 0 Å². The number of halogens is 1. The number of fused-ring (bicyclic) bond motifs is 11. The summed E-state index contributed by atoms with van der Waals surface area (Å²) in [6.45, 7) is 0. The molecule has 1 spiro atoms. The molecule has 2 aliphatic rings. The highest BCUT2D eigenvalue weighted by Gasteiger charge is 2.48. The Kier molecular flexibility index (Phi) is 3.97. The molecule has 1 aliphatic carbocycles. The van der Waals surface area contributed by atoms with Gasteiger partial charge in [-0.1, -0.05) is 107 Å². The van der Waals surface area contributed by atoms with Gasteiger partial charge in [-0.15, -0.1) is 0 Å². The lowest BCUT2D eigenvalue weighted by Gasteiger charge is -2.42. The van der Waals surface area contributed by atoms with Crippen molar-refractivity contribution >= 4 is 15.9 Å². The standard InChI is InChI=1S/C31H19BrO/c32-20-17-18-26-24(19-20)22-10-2-1-9-21(22)23-11-3-4-12-25(23)31(26)27-13-5-7-15-29(27)33-30-16-8-6-14-28(30)31/h1-19H. The second-order valence-corrected chi connectivity index (χ2v) is 9.54. The van der Waals surface area contributed by atoms with Gasteiger partial charge in [0.1, 0.15) is 11.5 Å². The lowest BCUT2D eigenvalue weighted by molar-refractivity contribution is 0.435. The molecule has 1 heterocycles. The van der Waals surface area contributed by atoms with Gasteiger partial charge in [0, 0.05) is 15.6 Å². The van der Waals surface area contributed by atoms with E-state index in [1.807, 2.05) is 0 Å². The topological polar surface area (TPSA) is 9.23 Å². The van der Waals surface area contributed by atoms with Crippen LogP contribution in [0.15, 0.2) is 120 Å². The largest absolute Gasteiger partial charge is 0.457 e. The first-order chi connectivity index (χ1) is 16.3. The van der Waals surface area contributed by atoms with Crippen molar-refractivity contribution in [3.63, 3.8) is 0 Å². The average molecular weight is 487 g/mol. The Labute approximate surface area is 201 Å². The van der Waals surface area contributed by atoms with Gasteiger partial charge in [0.15, 0.2) is 0 Å². The summed E-state index contributed by atoms with van der Waals surface area (Å²) in [6.07, 6.45) is 0. The Morgan fingerprint density at radius 3 is 1.61 bits per heavy atom. The van der Waals surface area contributed by atoms with Crippen LogP contribution >= 0.6 is 15.9 Å². The molecule has 33 heavy (non-hydrogen) atoms. The van der Waals surface area contributed by atoms with Crippen LogP contribution in [-0.2, 0) is 5.41 Å². The molecule has 0 fully saturated rings. The van der Waals surface area contributed by atoms with Crippen molar-refractivity contribution in [3.8, 4) is 33.8 Å². The maximum absolute atomic E-state index is 6.47. The monoisotopic (exact) mass is 486 g/mol. The summed E-state index contributed by atoms with van der Waals surface area (Å²) >= 11 is 3.75. The molecular weight excluding hydrogens is 468 g/mol. The zero-order chi connectivity index (χ0) is 22.0. The highest BCUT2D eigenvalue weighted by atomic mass is 79.9. The van der Waals surface area contributed by atoms with Crippen LogP contribution < -0.4 is 4.74 Å². The molecule has 0 atom stereocenters. The Morgan fingerprint density at radius 1 is 0.455 bits per heavy atom. The van der Waals surface area contributed by atoms with E-state index in [-0.39, 0.29) is 0 Å². The SMILES string of the molecule is Brc1ccc2c(c1)-c1ccccc1-c1ccccc1C21c2ccccc2Oc2ccccc21. The first-order valence-electron chi connectivity index (χ1n) is 11.1. The summed E-state index contributed by atoms with van der Waals surface area (Å²) in [5.74, 6) is 1.82. The van der Waals surface area contributed by atoms with Crippen LogP contribution in [0.5, 0.6) is 11.5 Å². The van der Waals surface area contributed by atoms with Gasteiger partial charge < -0.3 is 4.74 Å². The molecule has 7 rings (SSSR count). The van der Waals surface area contributed by atoms with Crippen LogP contribution in [-0.4, -0.2) is 0 Å². The van der Waals surface area contributed by atoms with E-state index in [0.29, 0.717) is 0 Å². The Morgan fingerprint density at radius 2 is 0.939 bits per heavy atom. The lowest BCUT2D eigenvalue weighted by Crippen LogP contribution is -2.34. The number of rotatable bonds is 0. The van der Waals surface area contributed by atoms with E-state index in [4.69, 9.17) is 4.74 Å². The lowest BCUT2D eigenvalue weighted by atomic mass is 9.62. The van der Waals surface area contributed by atoms with Crippen LogP contribution in [0.1, 0.15) is 22.3 Å². The molecule has 5 aromatic rings. The number of ether oxygens (including phenoxy) is 1. The third-order valence-electron chi connectivity index (χ3n) is 7.03. The first-order valence-corrected chi connectivity index (χ1v) is 11.9. The van der Waals surface area contributed by atoms with E-state index < -0.39 is 5.41 Å². The molecule has 1 nitrogen and oxygen atoms in total. The molecule has 2 heteroatoms. The molecule has 5 aromatic carbocycles. The minimum Gasteiger partial charge on any atom is -0.457 e. The van der Waals surface area contributed by atoms with E-state index >= 15 is 0 Å². The van der Waals surface area contributed by atoms with Crippen LogP contribution in [0, 0.1) is 0 Å². The van der Waals surface area contributed by atoms with Gasteiger partial charge in [-0.3, -0.25) is 0 Å². The van der Waals surface area contributed by atoms with E-state index in [0.717, 1.165) is 16.0 Å². The summed E-state index contributed by atoms with van der Waals surface area (Å²) in [5, 5.41) is 0. The minimum atomic E-state index is -0.503. The summed E-state index contributed by atoms with van der Waals surface area (Å²) in [5.41, 5.74) is 9.39. The highest BCUT2D eigenvalue weighted by Crippen LogP contribution is 2.60. The summed E-state index contributed by atoms with van der Waals surface area (Å²) in [4.78, 5) is 0. The number of hydrogen-bond donors (Lipinski definition) is 0. The van der Waals surface area contributed by atoms with Crippen LogP contribution in [0.2, 0.25) is 0 Å². The number of hydrogen-bond acceptors (Lipinski definition) is 1. The summed E-state index contributed by atoms with van der Waals surface area (Å²) in [6, 6.07) is 41.3. The molecule has 0 saturated heterocycles. The molecule has 0 radical (unpaired) electrons. The van der Waals surface area contributed by atoms with E-state index in [2.05, 4.69) is 131 Å². The van der Waals surface area contributed by atoms with Gasteiger partial charge in [0.2, 0.25) is 0 Å². The van der Waals surface area contributed by atoms with Gasteiger partial charge in [0.25, 0.3) is 0 Å². The van der Waals surface area contributed by atoms with Crippen LogP contribution in [0.25, 0.3) is 22.3 Å². The van der Waals surface area contributed by atoms with E-state index in [1.54, 1.807) is 0 Å². The van der Waals surface area contributed by atoms with Crippen molar-refractivity contribution in [3.05, 3.63) is 142 Å². The Bertz CT molecular complexity index is 1520. The molecule has 0 unspecified atom stereocenters. The second-order valence-electron chi connectivity index (χ2n) is 8.63. The van der Waals surface area contributed by atoms with Crippen molar-refractivity contribution in [1.82, 2.24) is 0 Å². The van der Waals surface area contributed by atoms with Crippen molar-refractivity contribution in [2.75, 3.05) is 0 Å². The Balaban J connectivity index is 1.78. The van der Waals surface area contributed by atoms with Gasteiger partial charge in [-0.2, -0.15) is 0 Å². The fourth-order valence-electron chi connectivity index (χ4n) is 5.78. The normalized spacial score (nSPS) is 14.1. The minimum absolute atomic E-state index is 0.503. The summed E-state index contributed by atoms with van der Waals surface area (Å²) in [7, 11) is 0. The van der Waals surface area contributed by atoms with Crippen LogP contribution in [0.3, 0.4) is 0 Å². The third-order valence-corrected chi connectivity index (χ3v) is 7.52. The molecule has 0 amide bonds. The predicted molar refractivity (Wildman–Crippen MR) is 137 cm³/mol. The maximum atomic E-state index is 6.47. The molecule has 1 aliphatic heterocycles. The fourth-order valence-corrected chi connectivity index (χ4v) is 6.15. The quantitative estimate of drug-likeness (QED) is 0.208. The van der Waals surface area contributed by atoms with Gasteiger partial charge in [-0.05, 0) is 57.6 Å². The zero-order valence-electron chi connectivity index (χ0n) is 17.8. The Hall–Kier alpha value is -3.62. The van der Waals surface area contributed by atoms with Crippen LogP contribution in [0.4, 0.5) is 0 Å². The van der Waals surface area contributed by atoms with Crippen molar-refractivity contribution in [2.45, 2.75) is 5.41 Å². The van der Waals surface area contributed by atoms with Gasteiger partial charge >= 0.3 is 0 Å². The molecule has 0 N–H and O–H groups in total. The molecule has 156 valence electrons. The van der Waals surface area contributed by atoms with Crippen molar-refractivity contribution in [1.29, 1.82) is 0 Å². The molecular formula is C31H19BrO. The highest BCUT2D eigenvalue weighted by molar-refractivity contribution is 9.10. The first kappa shape index (κ1) is 18.9. The third kappa shape index (κ3) is 2.47. The number of para-hydroxylation sites is 2. The fraction of sp³-hybridized carbons (Fsp3) is 0.0323. The molecule has 0 aromatic heterocycles. The molecule has 0 bridgehead atoms. The smallest absolute Gasteiger partial charge is 0.132 e. The zero-order valence-corrected chi connectivity index (χ0v) is 19.3. The summed E-state index contributed by atoms with van der Waals surface area (Å²) < 4.78 is 7.54. The predicted octanol–water partition coefficient (Wildman–Crippen LogP) is 8.58. The van der Waals surface area contributed by atoms with Crippen molar-refractivity contribution in [2.24, 2.45) is 0 Å².